The molecule has 0 atom stereocenters. The van der Waals surface area contributed by atoms with Crippen LogP contribution in [-0.4, -0.2) is 26.6 Å². The van der Waals surface area contributed by atoms with Gasteiger partial charge in [-0.25, -0.2) is 13.2 Å². The third kappa shape index (κ3) is 3.20. The minimum Gasteiger partial charge on any atom is -0.507 e. The third-order valence-corrected chi connectivity index (χ3v) is 4.39. The van der Waals surface area contributed by atoms with Crippen molar-refractivity contribution in [2.45, 2.75) is 11.8 Å². The molecule has 0 unspecified atom stereocenters. The minimum atomic E-state index is -3.88. The Kier molecular flexibility index (Phi) is 4.37. The van der Waals surface area contributed by atoms with Crippen molar-refractivity contribution in [3.63, 3.8) is 0 Å². The van der Waals surface area contributed by atoms with Gasteiger partial charge in [0.1, 0.15) is 11.3 Å². The lowest BCUT2D eigenvalue weighted by atomic mass is 10.1. The molecule has 0 aliphatic rings. The monoisotopic (exact) mass is 321 g/mol. The van der Waals surface area contributed by atoms with Gasteiger partial charge in [-0.2, -0.15) is 0 Å². The molecule has 0 saturated carbocycles. The number of nitrogens with one attached hydrogen (secondary N) is 1. The smallest absolute Gasteiger partial charge is 0.343 e. The summed E-state index contributed by atoms with van der Waals surface area (Å²) in [7, 11) is -2.73. The van der Waals surface area contributed by atoms with Crippen LogP contribution in [0.15, 0.2) is 47.4 Å². The number of ether oxygens (including phenoxy) is 1. The molecule has 0 bridgehead atoms. The van der Waals surface area contributed by atoms with Gasteiger partial charge >= 0.3 is 5.97 Å². The van der Waals surface area contributed by atoms with Crippen LogP contribution >= 0.6 is 0 Å². The lowest BCUT2D eigenvalue weighted by Gasteiger charge is -2.12. The molecule has 0 spiro atoms. The molecule has 22 heavy (non-hydrogen) atoms. The molecule has 0 saturated heterocycles. The molecule has 0 amide bonds. The van der Waals surface area contributed by atoms with Gasteiger partial charge in [0, 0.05) is 0 Å². The van der Waals surface area contributed by atoms with E-state index in [0.29, 0.717) is 0 Å². The summed E-state index contributed by atoms with van der Waals surface area (Å²) in [5, 5.41) is 9.76. The molecular weight excluding hydrogens is 306 g/mol. The first-order chi connectivity index (χ1) is 10.3. The molecule has 7 heteroatoms. The predicted molar refractivity (Wildman–Crippen MR) is 81.4 cm³/mol. The second kappa shape index (κ2) is 6.07. The number of phenols is 1. The average molecular weight is 321 g/mol. The normalized spacial score (nSPS) is 11.0. The minimum absolute atomic E-state index is 0.0487. The van der Waals surface area contributed by atoms with E-state index in [9.17, 15) is 18.3 Å². The van der Waals surface area contributed by atoms with E-state index < -0.39 is 16.0 Å². The van der Waals surface area contributed by atoms with Gasteiger partial charge in [0.2, 0.25) is 0 Å². The summed E-state index contributed by atoms with van der Waals surface area (Å²) in [5.74, 6) is -1.20. The number of benzene rings is 2. The van der Waals surface area contributed by atoms with Gasteiger partial charge in [0.15, 0.2) is 0 Å². The number of hydrogen-bond acceptors (Lipinski definition) is 5. The van der Waals surface area contributed by atoms with Gasteiger partial charge in [-0.15, -0.1) is 0 Å². The number of rotatable bonds is 4. The molecule has 0 heterocycles. The highest BCUT2D eigenvalue weighted by atomic mass is 32.2. The number of aromatic hydroxyl groups is 1. The zero-order valence-corrected chi connectivity index (χ0v) is 12.8. The van der Waals surface area contributed by atoms with Gasteiger partial charge in [-0.1, -0.05) is 23.8 Å². The van der Waals surface area contributed by atoms with Crippen LogP contribution in [0.25, 0.3) is 0 Å². The zero-order chi connectivity index (χ0) is 16.3. The summed E-state index contributed by atoms with van der Waals surface area (Å²) >= 11 is 0. The largest absolute Gasteiger partial charge is 0.507 e. The van der Waals surface area contributed by atoms with E-state index in [2.05, 4.69) is 9.46 Å². The Morgan fingerprint density at radius 2 is 1.77 bits per heavy atom. The van der Waals surface area contributed by atoms with Crippen molar-refractivity contribution in [1.29, 1.82) is 0 Å². The number of aryl methyl sites for hydroxylation is 1. The molecule has 2 aromatic carbocycles. The molecule has 2 N–H and O–H groups in total. The average Bonchev–Trinajstić information content (AvgIpc) is 2.47. The standard InChI is InChI=1S/C15H15NO5S/c1-10-6-8-11(9-7-10)22(19,20)16-12-4-3-5-13(17)14(12)15(18)21-2/h3-9,16-17H,1-2H3. The topological polar surface area (TPSA) is 92.7 Å². The Balaban J connectivity index is 2.44. The first kappa shape index (κ1) is 15.8. The Bertz CT molecular complexity index is 797. The van der Waals surface area contributed by atoms with Crippen LogP contribution in [0.1, 0.15) is 15.9 Å². The summed E-state index contributed by atoms with van der Waals surface area (Å²) in [6.45, 7) is 1.84. The molecule has 0 fully saturated rings. The Morgan fingerprint density at radius 3 is 2.36 bits per heavy atom. The SMILES string of the molecule is COC(=O)c1c(O)cccc1NS(=O)(=O)c1ccc(C)cc1. The summed E-state index contributed by atoms with van der Waals surface area (Å²) in [6.07, 6.45) is 0. The van der Waals surface area contributed by atoms with Gasteiger partial charge in [0.05, 0.1) is 17.7 Å². The van der Waals surface area contributed by atoms with Crippen molar-refractivity contribution in [3.05, 3.63) is 53.6 Å². The van der Waals surface area contributed by atoms with Crippen LogP contribution in [-0.2, 0) is 14.8 Å². The number of hydrogen-bond donors (Lipinski definition) is 2. The lowest BCUT2D eigenvalue weighted by molar-refractivity contribution is 0.0598. The number of carbonyl (C=O) groups excluding carboxylic acids is 1. The van der Waals surface area contributed by atoms with Crippen molar-refractivity contribution >= 4 is 21.7 Å². The molecular formula is C15H15NO5S. The third-order valence-electron chi connectivity index (χ3n) is 3.01. The Labute approximate surface area is 128 Å². The molecule has 0 radical (unpaired) electrons. The fourth-order valence-electron chi connectivity index (χ4n) is 1.86. The van der Waals surface area contributed by atoms with Crippen LogP contribution in [0.5, 0.6) is 5.75 Å². The second-order valence-corrected chi connectivity index (χ2v) is 6.29. The molecule has 2 rings (SSSR count). The number of sulfonamides is 1. The Hall–Kier alpha value is -2.54. The maximum atomic E-state index is 12.3. The second-order valence-electron chi connectivity index (χ2n) is 4.61. The van der Waals surface area contributed by atoms with Gasteiger partial charge in [0.25, 0.3) is 10.0 Å². The van der Waals surface area contributed by atoms with Gasteiger partial charge in [-0.05, 0) is 31.2 Å². The molecule has 6 nitrogen and oxygen atoms in total. The fraction of sp³-hybridized carbons (Fsp3) is 0.133. The number of anilines is 1. The van der Waals surface area contributed by atoms with E-state index in [4.69, 9.17) is 0 Å². The van der Waals surface area contributed by atoms with Crippen molar-refractivity contribution in [1.82, 2.24) is 0 Å². The summed E-state index contributed by atoms with van der Waals surface area (Å²) in [6, 6.07) is 10.3. The van der Waals surface area contributed by atoms with Gasteiger partial charge < -0.3 is 9.84 Å². The van der Waals surface area contributed by atoms with Crippen LogP contribution in [0.4, 0.5) is 5.69 Å². The first-order valence-electron chi connectivity index (χ1n) is 6.35. The highest BCUT2D eigenvalue weighted by Gasteiger charge is 2.21. The van der Waals surface area contributed by atoms with Crippen LogP contribution in [0.3, 0.4) is 0 Å². The van der Waals surface area contributed by atoms with E-state index in [-0.39, 0.29) is 21.9 Å². The number of esters is 1. The van der Waals surface area contributed by atoms with E-state index in [1.54, 1.807) is 12.1 Å². The van der Waals surface area contributed by atoms with Crippen LogP contribution in [0, 0.1) is 6.92 Å². The quantitative estimate of drug-likeness (QED) is 0.843. The van der Waals surface area contributed by atoms with E-state index in [1.165, 1.54) is 30.3 Å². The molecule has 0 aliphatic carbocycles. The molecule has 0 aromatic heterocycles. The van der Waals surface area contributed by atoms with E-state index in [0.717, 1.165) is 12.7 Å². The first-order valence-corrected chi connectivity index (χ1v) is 7.83. The number of phenolic OH excluding ortho intramolecular Hbond substituents is 1. The summed E-state index contributed by atoms with van der Waals surface area (Å²) in [4.78, 5) is 11.8. The molecule has 2 aromatic rings. The predicted octanol–water partition coefficient (Wildman–Crippen LogP) is 2.29. The number of carbonyl (C=O) groups is 1. The number of methoxy groups -OCH3 is 1. The molecule has 0 aliphatic heterocycles. The Morgan fingerprint density at radius 1 is 1.14 bits per heavy atom. The van der Waals surface area contributed by atoms with Crippen molar-refractivity contribution in [2.75, 3.05) is 11.8 Å². The zero-order valence-electron chi connectivity index (χ0n) is 12.0. The van der Waals surface area contributed by atoms with E-state index in [1.807, 2.05) is 6.92 Å². The summed E-state index contributed by atoms with van der Waals surface area (Å²) < 4.78 is 31.5. The highest BCUT2D eigenvalue weighted by molar-refractivity contribution is 7.92. The highest BCUT2D eigenvalue weighted by Crippen LogP contribution is 2.28. The lowest BCUT2D eigenvalue weighted by Crippen LogP contribution is -2.16. The maximum absolute atomic E-state index is 12.3. The maximum Gasteiger partial charge on any atom is 0.343 e. The van der Waals surface area contributed by atoms with Crippen LogP contribution in [0.2, 0.25) is 0 Å². The summed E-state index contributed by atoms with van der Waals surface area (Å²) in [5.41, 5.74) is 0.639. The van der Waals surface area contributed by atoms with E-state index >= 15 is 0 Å². The van der Waals surface area contributed by atoms with Crippen molar-refractivity contribution in [2.24, 2.45) is 0 Å². The van der Waals surface area contributed by atoms with Crippen molar-refractivity contribution in [3.8, 4) is 5.75 Å². The van der Waals surface area contributed by atoms with Crippen LogP contribution < -0.4 is 4.72 Å². The fourth-order valence-corrected chi connectivity index (χ4v) is 2.93. The van der Waals surface area contributed by atoms with Crippen molar-refractivity contribution < 1.29 is 23.1 Å². The molecule has 116 valence electrons. The van der Waals surface area contributed by atoms with Gasteiger partial charge in [-0.3, -0.25) is 4.72 Å².